The molecule has 0 aromatic carbocycles. The van der Waals surface area contributed by atoms with E-state index in [0.717, 1.165) is 24.7 Å². The van der Waals surface area contributed by atoms with Crippen molar-refractivity contribution in [3.05, 3.63) is 0 Å². The van der Waals surface area contributed by atoms with Gasteiger partial charge in [0.05, 0.1) is 6.07 Å². The molecule has 0 saturated heterocycles. The third-order valence-corrected chi connectivity index (χ3v) is 4.33. The van der Waals surface area contributed by atoms with Crippen LogP contribution in [0, 0.1) is 23.2 Å². The SMILES string of the molecule is CC(C)C1CCCC(C#N)(NC2CC2)CC1. The van der Waals surface area contributed by atoms with Gasteiger partial charge in [-0.15, -0.1) is 0 Å². The number of nitrogens with one attached hydrogen (secondary N) is 1. The Hall–Kier alpha value is -0.550. The molecular weight excluding hydrogens is 196 g/mol. The van der Waals surface area contributed by atoms with Crippen molar-refractivity contribution < 1.29 is 0 Å². The predicted octanol–water partition coefficient (Wildman–Crippen LogP) is 3.24. The van der Waals surface area contributed by atoms with E-state index in [-0.39, 0.29) is 5.54 Å². The van der Waals surface area contributed by atoms with E-state index < -0.39 is 0 Å². The molecule has 2 rings (SSSR count). The molecule has 0 aromatic rings. The van der Waals surface area contributed by atoms with Crippen LogP contribution in [0.1, 0.15) is 58.8 Å². The summed E-state index contributed by atoms with van der Waals surface area (Å²) in [5.74, 6) is 1.60. The quantitative estimate of drug-likeness (QED) is 0.741. The fraction of sp³-hybridized carbons (Fsp3) is 0.929. The Morgan fingerprint density at radius 2 is 1.94 bits per heavy atom. The minimum Gasteiger partial charge on any atom is -0.297 e. The summed E-state index contributed by atoms with van der Waals surface area (Å²) >= 11 is 0. The summed E-state index contributed by atoms with van der Waals surface area (Å²) in [6, 6.07) is 3.23. The van der Waals surface area contributed by atoms with Crippen LogP contribution in [0.2, 0.25) is 0 Å². The van der Waals surface area contributed by atoms with Crippen LogP contribution in [0.4, 0.5) is 0 Å². The monoisotopic (exact) mass is 220 g/mol. The fourth-order valence-corrected chi connectivity index (χ4v) is 2.94. The van der Waals surface area contributed by atoms with Crippen molar-refractivity contribution in [2.75, 3.05) is 0 Å². The molecule has 0 amide bonds. The van der Waals surface area contributed by atoms with Crippen LogP contribution in [-0.2, 0) is 0 Å². The number of hydrogen-bond donors (Lipinski definition) is 1. The Labute approximate surface area is 99.4 Å². The molecule has 2 aliphatic carbocycles. The molecule has 90 valence electrons. The molecule has 2 fully saturated rings. The lowest BCUT2D eigenvalue weighted by atomic mass is 9.87. The molecule has 0 bridgehead atoms. The topological polar surface area (TPSA) is 35.8 Å². The smallest absolute Gasteiger partial charge is 0.106 e. The molecule has 0 radical (unpaired) electrons. The second-order valence-electron chi connectivity index (χ2n) is 6.05. The van der Waals surface area contributed by atoms with E-state index in [0.29, 0.717) is 6.04 Å². The molecule has 2 saturated carbocycles. The van der Waals surface area contributed by atoms with Gasteiger partial charge in [0.1, 0.15) is 5.54 Å². The highest BCUT2D eigenvalue weighted by Gasteiger charge is 2.38. The standard InChI is InChI=1S/C14H24N2/c1-11(2)12-4-3-8-14(10-15,9-7-12)16-13-5-6-13/h11-13,16H,3-9H2,1-2H3. The molecule has 0 heterocycles. The van der Waals surface area contributed by atoms with E-state index in [1.807, 2.05) is 0 Å². The van der Waals surface area contributed by atoms with Crippen LogP contribution in [0.5, 0.6) is 0 Å². The lowest BCUT2D eigenvalue weighted by Crippen LogP contribution is -2.44. The van der Waals surface area contributed by atoms with Gasteiger partial charge in [0.25, 0.3) is 0 Å². The van der Waals surface area contributed by atoms with E-state index in [9.17, 15) is 5.26 Å². The predicted molar refractivity (Wildman–Crippen MR) is 65.9 cm³/mol. The summed E-state index contributed by atoms with van der Waals surface area (Å²) in [4.78, 5) is 0. The van der Waals surface area contributed by atoms with E-state index in [2.05, 4.69) is 25.2 Å². The van der Waals surface area contributed by atoms with Crippen LogP contribution >= 0.6 is 0 Å². The zero-order valence-electron chi connectivity index (χ0n) is 10.6. The summed E-state index contributed by atoms with van der Waals surface area (Å²) in [6.45, 7) is 4.64. The summed E-state index contributed by atoms with van der Waals surface area (Å²) < 4.78 is 0. The Balaban J connectivity index is 1.96. The molecule has 2 heteroatoms. The highest BCUT2D eigenvalue weighted by Crippen LogP contribution is 2.35. The molecule has 0 aliphatic heterocycles. The highest BCUT2D eigenvalue weighted by atomic mass is 15.0. The summed E-state index contributed by atoms with van der Waals surface area (Å²) in [5, 5.41) is 13.0. The van der Waals surface area contributed by atoms with Gasteiger partial charge in [-0.1, -0.05) is 26.7 Å². The van der Waals surface area contributed by atoms with Gasteiger partial charge >= 0.3 is 0 Å². The van der Waals surface area contributed by atoms with Crippen molar-refractivity contribution in [1.29, 1.82) is 5.26 Å². The summed E-state index contributed by atoms with van der Waals surface area (Å²) in [5.41, 5.74) is -0.190. The number of nitriles is 1. The van der Waals surface area contributed by atoms with Crippen LogP contribution < -0.4 is 5.32 Å². The first-order chi connectivity index (χ1) is 7.65. The lowest BCUT2D eigenvalue weighted by Gasteiger charge is -2.27. The minimum atomic E-state index is -0.190. The molecule has 16 heavy (non-hydrogen) atoms. The second kappa shape index (κ2) is 4.75. The van der Waals surface area contributed by atoms with Gasteiger partial charge in [0.2, 0.25) is 0 Å². The minimum absolute atomic E-state index is 0.190. The lowest BCUT2D eigenvalue weighted by molar-refractivity contribution is 0.321. The molecule has 2 nitrogen and oxygen atoms in total. The Kier molecular flexibility index (Phi) is 3.54. The maximum absolute atomic E-state index is 9.46. The molecule has 1 N–H and O–H groups in total. The van der Waals surface area contributed by atoms with Crippen molar-refractivity contribution in [2.24, 2.45) is 11.8 Å². The molecule has 2 atom stereocenters. The first-order valence-electron chi connectivity index (χ1n) is 6.84. The molecule has 2 unspecified atom stereocenters. The third-order valence-electron chi connectivity index (χ3n) is 4.33. The highest BCUT2D eigenvalue weighted by molar-refractivity contribution is 5.10. The van der Waals surface area contributed by atoms with E-state index in [1.54, 1.807) is 0 Å². The van der Waals surface area contributed by atoms with Gasteiger partial charge in [0.15, 0.2) is 0 Å². The summed E-state index contributed by atoms with van der Waals surface area (Å²) in [7, 11) is 0. The van der Waals surface area contributed by atoms with Crippen LogP contribution in [0.15, 0.2) is 0 Å². The average Bonchev–Trinajstić information content (AvgIpc) is 3.06. The number of nitrogens with zero attached hydrogens (tertiary/aromatic N) is 1. The van der Waals surface area contributed by atoms with Gasteiger partial charge in [-0.25, -0.2) is 0 Å². The van der Waals surface area contributed by atoms with Gasteiger partial charge in [-0.3, -0.25) is 5.32 Å². The van der Waals surface area contributed by atoms with Crippen LogP contribution in [0.25, 0.3) is 0 Å². The molecule has 0 aromatic heterocycles. The first-order valence-corrected chi connectivity index (χ1v) is 6.84. The maximum Gasteiger partial charge on any atom is 0.106 e. The van der Waals surface area contributed by atoms with Gasteiger partial charge in [0, 0.05) is 6.04 Å². The van der Waals surface area contributed by atoms with Crippen molar-refractivity contribution in [1.82, 2.24) is 5.32 Å². The third kappa shape index (κ3) is 2.77. The van der Waals surface area contributed by atoms with Crippen molar-refractivity contribution in [3.63, 3.8) is 0 Å². The molecular formula is C14H24N2. The van der Waals surface area contributed by atoms with Gasteiger partial charge in [-0.05, 0) is 43.9 Å². The second-order valence-corrected chi connectivity index (χ2v) is 6.05. The van der Waals surface area contributed by atoms with Crippen molar-refractivity contribution in [3.8, 4) is 6.07 Å². The zero-order chi connectivity index (χ0) is 11.6. The normalized spacial score (nSPS) is 35.8. The van der Waals surface area contributed by atoms with E-state index in [4.69, 9.17) is 0 Å². The maximum atomic E-state index is 9.46. The zero-order valence-corrected chi connectivity index (χ0v) is 10.6. The van der Waals surface area contributed by atoms with Crippen molar-refractivity contribution in [2.45, 2.75) is 70.4 Å². The average molecular weight is 220 g/mol. The number of hydrogen-bond acceptors (Lipinski definition) is 2. The Morgan fingerprint density at radius 1 is 1.19 bits per heavy atom. The largest absolute Gasteiger partial charge is 0.297 e. The van der Waals surface area contributed by atoms with Crippen LogP contribution in [0.3, 0.4) is 0 Å². The molecule has 2 aliphatic rings. The molecule has 0 spiro atoms. The first kappa shape index (κ1) is 11.9. The Bertz CT molecular complexity index is 275. The van der Waals surface area contributed by atoms with Crippen molar-refractivity contribution >= 4 is 0 Å². The van der Waals surface area contributed by atoms with Gasteiger partial charge in [-0.2, -0.15) is 5.26 Å². The fourth-order valence-electron chi connectivity index (χ4n) is 2.94. The van der Waals surface area contributed by atoms with E-state index in [1.165, 1.54) is 32.1 Å². The number of rotatable bonds is 3. The van der Waals surface area contributed by atoms with E-state index >= 15 is 0 Å². The summed E-state index contributed by atoms with van der Waals surface area (Å²) in [6.07, 6.45) is 8.43. The Morgan fingerprint density at radius 3 is 2.50 bits per heavy atom. The van der Waals surface area contributed by atoms with Crippen LogP contribution in [-0.4, -0.2) is 11.6 Å². The van der Waals surface area contributed by atoms with Gasteiger partial charge < -0.3 is 0 Å².